The molecule has 1 aliphatic carbocycles. The van der Waals surface area contributed by atoms with Crippen molar-refractivity contribution < 1.29 is 4.79 Å². The lowest BCUT2D eigenvalue weighted by atomic mass is 9.81. The van der Waals surface area contributed by atoms with E-state index in [1.165, 1.54) is 5.56 Å². The molecular weight excluding hydrogens is 460 g/mol. The van der Waals surface area contributed by atoms with E-state index in [1.807, 2.05) is 6.07 Å². The van der Waals surface area contributed by atoms with Crippen LogP contribution in [0.4, 0.5) is 0 Å². The fraction of sp³-hybridized carbons (Fsp3) is 0.467. The number of rotatable bonds is 7. The van der Waals surface area contributed by atoms with Gasteiger partial charge in [-0.1, -0.05) is 49.6 Å². The summed E-state index contributed by atoms with van der Waals surface area (Å²) in [6.45, 7) is 5.49. The van der Waals surface area contributed by atoms with Gasteiger partial charge in [-0.2, -0.15) is 5.26 Å². The second-order valence-corrected chi connectivity index (χ2v) is 11.0. The maximum atomic E-state index is 12.8. The summed E-state index contributed by atoms with van der Waals surface area (Å²) in [4.78, 5) is 21.2. The minimum atomic E-state index is -0.840. The number of aromatic nitrogens is 1. The Kier molecular flexibility index (Phi) is 7.61. The fourth-order valence-electron chi connectivity index (χ4n) is 5.59. The van der Waals surface area contributed by atoms with Gasteiger partial charge in [0.1, 0.15) is 6.04 Å². The Morgan fingerprint density at radius 1 is 1.05 bits per heavy atom. The number of amides is 1. The minimum Gasteiger partial charge on any atom is -0.355 e. The maximum absolute atomic E-state index is 12.8. The van der Waals surface area contributed by atoms with Gasteiger partial charge in [0.25, 0.3) is 0 Å². The molecular formula is C30H38N6O. The number of fused-ring (bicyclic) bond motifs is 1. The van der Waals surface area contributed by atoms with Crippen LogP contribution in [0.2, 0.25) is 0 Å². The van der Waals surface area contributed by atoms with E-state index >= 15 is 0 Å². The molecule has 1 amide bonds. The Morgan fingerprint density at radius 2 is 1.76 bits per heavy atom. The Hall–Kier alpha value is -3.18. The molecule has 1 aliphatic heterocycles. The first-order valence-electron chi connectivity index (χ1n) is 13.5. The highest BCUT2D eigenvalue weighted by molar-refractivity contribution is 5.87. The number of nitrogens with one attached hydrogen (secondary N) is 2. The van der Waals surface area contributed by atoms with E-state index in [0.29, 0.717) is 19.3 Å². The summed E-state index contributed by atoms with van der Waals surface area (Å²) in [6, 6.07) is 18.8. The second-order valence-electron chi connectivity index (χ2n) is 11.0. The zero-order valence-corrected chi connectivity index (χ0v) is 21.8. The number of nitrogens with zero attached hydrogens (tertiary/aromatic N) is 3. The van der Waals surface area contributed by atoms with Crippen molar-refractivity contribution in [3.05, 3.63) is 59.7 Å². The van der Waals surface area contributed by atoms with Crippen molar-refractivity contribution in [3.63, 3.8) is 0 Å². The average Bonchev–Trinajstić information content (AvgIpc) is 3.34. The van der Waals surface area contributed by atoms with Crippen molar-refractivity contribution in [2.24, 2.45) is 5.73 Å². The second kappa shape index (κ2) is 11.1. The summed E-state index contributed by atoms with van der Waals surface area (Å²) in [7, 11) is 2.18. The normalized spacial score (nSPS) is 19.4. The lowest BCUT2D eigenvalue weighted by molar-refractivity contribution is -0.127. The first kappa shape index (κ1) is 25.5. The van der Waals surface area contributed by atoms with Gasteiger partial charge in [-0.15, -0.1) is 0 Å². The number of carbonyl (C=O) groups is 1. The lowest BCUT2D eigenvalue weighted by Gasteiger charge is -2.32. The smallest absolute Gasteiger partial charge is 0.241 e. The van der Waals surface area contributed by atoms with E-state index < -0.39 is 11.6 Å². The first-order valence-corrected chi connectivity index (χ1v) is 13.5. The van der Waals surface area contributed by atoms with Crippen LogP contribution in [0.1, 0.15) is 43.2 Å². The van der Waals surface area contributed by atoms with Gasteiger partial charge in [0.2, 0.25) is 5.91 Å². The molecule has 0 radical (unpaired) electrons. The van der Waals surface area contributed by atoms with E-state index in [-0.39, 0.29) is 5.91 Å². The Balaban J connectivity index is 1.23. The number of carbonyl (C=O) groups excluding carboxylic acids is 1. The SMILES string of the molecule is CN1CCN(Cc2ccc(-c3cc4cc(CC(C#N)NC(=O)C5(N)CCCCC5)ccc4[nH]3)cc2)CC1. The van der Waals surface area contributed by atoms with Gasteiger partial charge in [0.05, 0.1) is 11.6 Å². The zero-order valence-electron chi connectivity index (χ0n) is 21.8. The molecule has 3 aromatic rings. The van der Waals surface area contributed by atoms with Gasteiger partial charge in [0.15, 0.2) is 0 Å². The molecule has 5 rings (SSSR count). The van der Waals surface area contributed by atoms with Crippen LogP contribution in [0.3, 0.4) is 0 Å². The number of nitriles is 1. The molecule has 2 aliphatic rings. The number of benzene rings is 2. The van der Waals surface area contributed by atoms with E-state index in [2.05, 4.69) is 75.7 Å². The lowest BCUT2D eigenvalue weighted by Crippen LogP contribution is -2.57. The highest BCUT2D eigenvalue weighted by atomic mass is 16.2. The molecule has 4 N–H and O–H groups in total. The van der Waals surface area contributed by atoms with Crippen LogP contribution >= 0.6 is 0 Å². The van der Waals surface area contributed by atoms with Crippen LogP contribution in [0.5, 0.6) is 0 Å². The topological polar surface area (TPSA) is 101 Å². The zero-order chi connectivity index (χ0) is 25.8. The van der Waals surface area contributed by atoms with Gasteiger partial charge in [0, 0.05) is 55.7 Å². The molecule has 0 spiro atoms. The minimum absolute atomic E-state index is 0.195. The number of H-pyrrole nitrogens is 1. The summed E-state index contributed by atoms with van der Waals surface area (Å²) in [5.41, 5.74) is 11.2. The summed E-state index contributed by atoms with van der Waals surface area (Å²) < 4.78 is 0. The van der Waals surface area contributed by atoms with Crippen molar-refractivity contribution in [3.8, 4) is 17.3 Å². The van der Waals surface area contributed by atoms with Gasteiger partial charge in [-0.3, -0.25) is 9.69 Å². The van der Waals surface area contributed by atoms with Crippen LogP contribution in [-0.4, -0.2) is 65.5 Å². The predicted octanol–water partition coefficient (Wildman–Crippen LogP) is 3.79. The number of hydrogen-bond donors (Lipinski definition) is 3. The standard InChI is InChI=1S/C30H38N6O/c1-35-13-15-36(16-14-35)21-22-5-8-24(9-6-22)28-19-25-17-23(7-10-27(25)34-28)18-26(20-31)33-29(37)30(32)11-3-2-4-12-30/h5-10,17,19,26,34H,2-4,11-16,18,21,32H2,1H3,(H,33,37). The van der Waals surface area contributed by atoms with E-state index in [9.17, 15) is 10.1 Å². The third kappa shape index (κ3) is 6.04. The summed E-state index contributed by atoms with van der Waals surface area (Å²) in [5, 5.41) is 13.7. The molecule has 1 saturated carbocycles. The molecule has 2 heterocycles. The molecule has 1 aromatic heterocycles. The molecule has 0 bridgehead atoms. The van der Waals surface area contributed by atoms with Crippen LogP contribution in [-0.2, 0) is 17.8 Å². The molecule has 1 unspecified atom stereocenters. The highest BCUT2D eigenvalue weighted by Crippen LogP contribution is 2.27. The van der Waals surface area contributed by atoms with E-state index in [0.717, 1.165) is 79.7 Å². The molecule has 1 atom stereocenters. The monoisotopic (exact) mass is 498 g/mol. The number of nitrogens with two attached hydrogens (primary N) is 1. The molecule has 194 valence electrons. The maximum Gasteiger partial charge on any atom is 0.241 e. The summed E-state index contributed by atoms with van der Waals surface area (Å²) in [5.74, 6) is -0.195. The van der Waals surface area contributed by atoms with Crippen molar-refractivity contribution in [2.75, 3.05) is 33.2 Å². The summed E-state index contributed by atoms with van der Waals surface area (Å²) >= 11 is 0. The first-order chi connectivity index (χ1) is 17.9. The Morgan fingerprint density at radius 3 is 2.46 bits per heavy atom. The molecule has 7 heteroatoms. The molecule has 37 heavy (non-hydrogen) atoms. The Labute approximate surface area is 219 Å². The van der Waals surface area contributed by atoms with Crippen molar-refractivity contribution >= 4 is 16.8 Å². The third-order valence-electron chi connectivity index (χ3n) is 8.05. The third-order valence-corrected chi connectivity index (χ3v) is 8.05. The molecule has 2 aromatic carbocycles. The Bertz CT molecular complexity index is 1260. The van der Waals surface area contributed by atoms with Gasteiger partial charge < -0.3 is 20.9 Å². The average molecular weight is 499 g/mol. The number of likely N-dealkylation sites (N-methyl/N-ethyl adjacent to an activating group) is 1. The molecule has 7 nitrogen and oxygen atoms in total. The van der Waals surface area contributed by atoms with Crippen LogP contribution in [0.25, 0.3) is 22.2 Å². The van der Waals surface area contributed by atoms with E-state index in [1.54, 1.807) is 0 Å². The molecule has 1 saturated heterocycles. The predicted molar refractivity (Wildman–Crippen MR) is 148 cm³/mol. The van der Waals surface area contributed by atoms with E-state index in [4.69, 9.17) is 5.73 Å². The summed E-state index contributed by atoms with van der Waals surface area (Å²) in [6.07, 6.45) is 4.88. The quantitative estimate of drug-likeness (QED) is 0.460. The van der Waals surface area contributed by atoms with Crippen molar-refractivity contribution in [1.29, 1.82) is 5.26 Å². The van der Waals surface area contributed by atoms with Crippen LogP contribution in [0, 0.1) is 11.3 Å². The van der Waals surface area contributed by atoms with Gasteiger partial charge in [-0.25, -0.2) is 0 Å². The van der Waals surface area contributed by atoms with Crippen molar-refractivity contribution in [2.45, 2.75) is 56.7 Å². The number of aromatic amines is 1. The van der Waals surface area contributed by atoms with Crippen molar-refractivity contribution in [1.82, 2.24) is 20.1 Å². The number of piperazine rings is 1. The van der Waals surface area contributed by atoms with Crippen LogP contribution < -0.4 is 11.1 Å². The largest absolute Gasteiger partial charge is 0.355 e. The van der Waals surface area contributed by atoms with Gasteiger partial charge >= 0.3 is 0 Å². The highest BCUT2D eigenvalue weighted by Gasteiger charge is 2.36. The van der Waals surface area contributed by atoms with Gasteiger partial charge in [-0.05, 0) is 54.8 Å². The van der Waals surface area contributed by atoms with Crippen LogP contribution in [0.15, 0.2) is 48.5 Å². The fourth-order valence-corrected chi connectivity index (χ4v) is 5.59. The molecule has 2 fully saturated rings. The number of hydrogen-bond acceptors (Lipinski definition) is 5.